The van der Waals surface area contributed by atoms with Crippen molar-refractivity contribution in [3.05, 3.63) is 0 Å². The van der Waals surface area contributed by atoms with Crippen molar-refractivity contribution in [2.24, 2.45) is 11.8 Å². The standard InChI is InChI=1S/C17H32N2O/c1-2-18-16-8-5-6-14(16)12-19-11-10-17(20)9-4-3-7-15(17)13-19/h14-16,18,20H,2-13H2,1H3. The molecular weight excluding hydrogens is 248 g/mol. The predicted molar refractivity (Wildman–Crippen MR) is 82.8 cm³/mol. The van der Waals surface area contributed by atoms with Gasteiger partial charge in [0.2, 0.25) is 0 Å². The van der Waals surface area contributed by atoms with Crippen molar-refractivity contribution in [3.8, 4) is 0 Å². The fourth-order valence-corrected chi connectivity index (χ4v) is 4.92. The minimum atomic E-state index is -0.314. The monoisotopic (exact) mass is 280 g/mol. The molecule has 0 radical (unpaired) electrons. The molecule has 0 aromatic carbocycles. The van der Waals surface area contributed by atoms with E-state index in [1.807, 2.05) is 0 Å². The van der Waals surface area contributed by atoms with Crippen molar-refractivity contribution < 1.29 is 5.11 Å². The largest absolute Gasteiger partial charge is 0.390 e. The van der Waals surface area contributed by atoms with E-state index < -0.39 is 0 Å². The van der Waals surface area contributed by atoms with E-state index in [0.717, 1.165) is 44.4 Å². The van der Waals surface area contributed by atoms with E-state index in [-0.39, 0.29) is 5.60 Å². The van der Waals surface area contributed by atoms with Crippen LogP contribution in [0.2, 0.25) is 0 Å². The molecule has 20 heavy (non-hydrogen) atoms. The molecule has 2 saturated carbocycles. The Morgan fingerprint density at radius 3 is 2.90 bits per heavy atom. The Morgan fingerprint density at radius 2 is 2.05 bits per heavy atom. The van der Waals surface area contributed by atoms with Gasteiger partial charge in [-0.15, -0.1) is 0 Å². The lowest BCUT2D eigenvalue weighted by molar-refractivity contribution is -0.0974. The van der Waals surface area contributed by atoms with Gasteiger partial charge in [0.25, 0.3) is 0 Å². The van der Waals surface area contributed by atoms with Crippen LogP contribution in [0, 0.1) is 11.8 Å². The summed E-state index contributed by atoms with van der Waals surface area (Å²) in [5.41, 5.74) is -0.314. The number of likely N-dealkylation sites (tertiary alicyclic amines) is 1. The van der Waals surface area contributed by atoms with Crippen molar-refractivity contribution in [2.75, 3.05) is 26.2 Å². The summed E-state index contributed by atoms with van der Waals surface area (Å²) >= 11 is 0. The maximum atomic E-state index is 10.8. The minimum absolute atomic E-state index is 0.314. The van der Waals surface area contributed by atoms with E-state index in [1.165, 1.54) is 45.1 Å². The molecule has 1 aliphatic heterocycles. The first-order valence-electron chi connectivity index (χ1n) is 8.89. The molecule has 3 rings (SSSR count). The Bertz CT molecular complexity index is 322. The Kier molecular flexibility index (Phi) is 4.68. The van der Waals surface area contributed by atoms with E-state index in [4.69, 9.17) is 0 Å². The van der Waals surface area contributed by atoms with Crippen LogP contribution in [0.5, 0.6) is 0 Å². The van der Waals surface area contributed by atoms with Gasteiger partial charge in [-0.1, -0.05) is 26.2 Å². The molecular formula is C17H32N2O. The fourth-order valence-electron chi connectivity index (χ4n) is 4.92. The summed E-state index contributed by atoms with van der Waals surface area (Å²) in [6.45, 7) is 6.83. The first-order valence-corrected chi connectivity index (χ1v) is 8.89. The third-order valence-corrected chi connectivity index (χ3v) is 6.13. The van der Waals surface area contributed by atoms with Gasteiger partial charge < -0.3 is 15.3 Å². The normalized spacial score (nSPS) is 42.6. The highest BCUT2D eigenvalue weighted by Gasteiger charge is 2.43. The zero-order valence-corrected chi connectivity index (χ0v) is 13.1. The first kappa shape index (κ1) is 14.8. The van der Waals surface area contributed by atoms with Crippen molar-refractivity contribution in [1.82, 2.24) is 10.2 Å². The molecule has 3 aliphatic rings. The average molecular weight is 280 g/mol. The lowest BCUT2D eigenvalue weighted by atomic mass is 9.71. The maximum absolute atomic E-state index is 10.8. The molecule has 4 unspecified atom stereocenters. The topological polar surface area (TPSA) is 35.5 Å². The number of hydrogen-bond donors (Lipinski definition) is 2. The van der Waals surface area contributed by atoms with Gasteiger partial charge in [0.15, 0.2) is 0 Å². The summed E-state index contributed by atoms with van der Waals surface area (Å²) in [6.07, 6.45) is 10.0. The summed E-state index contributed by atoms with van der Waals surface area (Å²) in [5.74, 6) is 1.38. The molecule has 0 aromatic rings. The smallest absolute Gasteiger partial charge is 0.0700 e. The van der Waals surface area contributed by atoms with E-state index in [0.29, 0.717) is 5.92 Å². The molecule has 3 heteroatoms. The lowest BCUT2D eigenvalue weighted by Crippen LogP contribution is -2.54. The molecule has 3 fully saturated rings. The third kappa shape index (κ3) is 3.05. The van der Waals surface area contributed by atoms with E-state index in [1.54, 1.807) is 0 Å². The van der Waals surface area contributed by atoms with Gasteiger partial charge in [-0.3, -0.25) is 0 Å². The zero-order chi connectivity index (χ0) is 14.0. The maximum Gasteiger partial charge on any atom is 0.0700 e. The van der Waals surface area contributed by atoms with Crippen LogP contribution in [0.3, 0.4) is 0 Å². The summed E-state index contributed by atoms with van der Waals surface area (Å²) in [5, 5.41) is 14.4. The summed E-state index contributed by atoms with van der Waals surface area (Å²) < 4.78 is 0. The van der Waals surface area contributed by atoms with Gasteiger partial charge >= 0.3 is 0 Å². The third-order valence-electron chi connectivity index (χ3n) is 6.13. The Balaban J connectivity index is 1.54. The van der Waals surface area contributed by atoms with Gasteiger partial charge in [0, 0.05) is 31.6 Å². The highest BCUT2D eigenvalue weighted by molar-refractivity contribution is 4.96. The number of hydrogen-bond acceptors (Lipinski definition) is 3. The number of nitrogens with zero attached hydrogens (tertiary/aromatic N) is 1. The van der Waals surface area contributed by atoms with E-state index in [2.05, 4.69) is 17.1 Å². The molecule has 2 aliphatic carbocycles. The van der Waals surface area contributed by atoms with Crippen LogP contribution < -0.4 is 5.32 Å². The number of piperidine rings is 1. The second kappa shape index (κ2) is 6.33. The quantitative estimate of drug-likeness (QED) is 0.830. The van der Waals surface area contributed by atoms with Crippen LogP contribution in [0.25, 0.3) is 0 Å². The summed E-state index contributed by atoms with van der Waals surface area (Å²) in [6, 6.07) is 0.743. The molecule has 1 heterocycles. The van der Waals surface area contributed by atoms with Gasteiger partial charge in [-0.05, 0) is 44.6 Å². The van der Waals surface area contributed by atoms with Gasteiger partial charge in [0.1, 0.15) is 0 Å². The molecule has 0 spiro atoms. The van der Waals surface area contributed by atoms with Crippen LogP contribution in [-0.4, -0.2) is 47.8 Å². The molecule has 2 N–H and O–H groups in total. The SMILES string of the molecule is CCNC1CCCC1CN1CCC2(O)CCCCC2C1. The Labute approximate surface area is 124 Å². The van der Waals surface area contributed by atoms with Crippen molar-refractivity contribution in [3.63, 3.8) is 0 Å². The molecule has 4 atom stereocenters. The van der Waals surface area contributed by atoms with Crippen LogP contribution >= 0.6 is 0 Å². The minimum Gasteiger partial charge on any atom is -0.390 e. The highest BCUT2D eigenvalue weighted by Crippen LogP contribution is 2.40. The number of fused-ring (bicyclic) bond motifs is 1. The fraction of sp³-hybridized carbons (Fsp3) is 1.00. The number of rotatable bonds is 4. The van der Waals surface area contributed by atoms with Crippen LogP contribution in [-0.2, 0) is 0 Å². The summed E-state index contributed by atoms with van der Waals surface area (Å²) in [7, 11) is 0. The molecule has 116 valence electrons. The number of aliphatic hydroxyl groups is 1. The molecule has 3 nitrogen and oxygen atoms in total. The molecule has 0 amide bonds. The molecule has 1 saturated heterocycles. The Morgan fingerprint density at radius 1 is 1.15 bits per heavy atom. The van der Waals surface area contributed by atoms with Gasteiger partial charge in [-0.25, -0.2) is 0 Å². The highest BCUT2D eigenvalue weighted by atomic mass is 16.3. The van der Waals surface area contributed by atoms with Crippen molar-refractivity contribution in [1.29, 1.82) is 0 Å². The van der Waals surface area contributed by atoms with Gasteiger partial charge in [0.05, 0.1) is 5.60 Å². The second-order valence-corrected chi connectivity index (χ2v) is 7.41. The second-order valence-electron chi connectivity index (χ2n) is 7.41. The predicted octanol–water partition coefficient (Wildman–Crippen LogP) is 2.39. The van der Waals surface area contributed by atoms with Crippen LogP contribution in [0.1, 0.15) is 58.3 Å². The van der Waals surface area contributed by atoms with Crippen molar-refractivity contribution in [2.45, 2.75) is 69.9 Å². The van der Waals surface area contributed by atoms with Crippen molar-refractivity contribution >= 4 is 0 Å². The average Bonchev–Trinajstić information content (AvgIpc) is 2.87. The van der Waals surface area contributed by atoms with Crippen LogP contribution in [0.15, 0.2) is 0 Å². The van der Waals surface area contributed by atoms with Crippen LogP contribution in [0.4, 0.5) is 0 Å². The molecule has 0 bridgehead atoms. The van der Waals surface area contributed by atoms with E-state index in [9.17, 15) is 5.11 Å². The number of nitrogens with one attached hydrogen (secondary N) is 1. The van der Waals surface area contributed by atoms with E-state index >= 15 is 0 Å². The molecule has 0 aromatic heterocycles. The van der Waals surface area contributed by atoms with Gasteiger partial charge in [-0.2, -0.15) is 0 Å². The zero-order valence-electron chi connectivity index (χ0n) is 13.1. The summed E-state index contributed by atoms with van der Waals surface area (Å²) in [4.78, 5) is 2.66. The lowest BCUT2D eigenvalue weighted by Gasteiger charge is -2.48. The Hall–Kier alpha value is -0.120. The first-order chi connectivity index (χ1) is 9.71.